The molecule has 0 heterocycles. The van der Waals surface area contributed by atoms with Crippen LogP contribution in [0.1, 0.15) is 12.8 Å². The Bertz CT molecular complexity index is 263. The van der Waals surface area contributed by atoms with E-state index in [4.69, 9.17) is 4.74 Å². The van der Waals surface area contributed by atoms with Gasteiger partial charge in [-0.05, 0) is 18.8 Å². The number of hydrogen-bond acceptors (Lipinski definition) is 2. The van der Waals surface area contributed by atoms with Crippen LogP contribution in [0.2, 0.25) is 0 Å². The molecule has 0 fully saturated rings. The van der Waals surface area contributed by atoms with E-state index < -0.39 is 0 Å². The van der Waals surface area contributed by atoms with E-state index in [1.54, 1.807) is 0 Å². The Morgan fingerprint density at radius 2 is 2.42 bits per heavy atom. The molecule has 0 amide bonds. The lowest BCUT2D eigenvalue weighted by Crippen LogP contribution is -2.13. The average Bonchev–Trinajstić information content (AvgIpc) is 2.62. The van der Waals surface area contributed by atoms with E-state index in [9.17, 15) is 4.79 Å². The summed E-state index contributed by atoms with van der Waals surface area (Å²) in [6, 6.07) is 0. The summed E-state index contributed by atoms with van der Waals surface area (Å²) < 4.78 is 4.71. The fourth-order valence-corrected chi connectivity index (χ4v) is 2.08. The van der Waals surface area contributed by atoms with Gasteiger partial charge in [-0.15, -0.1) is 0 Å². The molecule has 0 radical (unpaired) electrons. The Balaban J connectivity index is 2.14. The van der Waals surface area contributed by atoms with E-state index in [1.807, 2.05) is 6.08 Å². The molecule has 2 nitrogen and oxygen atoms in total. The number of fused-ring (bicyclic) bond motifs is 1. The first-order valence-electron chi connectivity index (χ1n) is 4.28. The Hall–Kier alpha value is -1.05. The van der Waals surface area contributed by atoms with Crippen molar-refractivity contribution < 1.29 is 9.53 Å². The van der Waals surface area contributed by atoms with Crippen molar-refractivity contribution in [3.63, 3.8) is 0 Å². The molecular formula is C10H12O2. The third kappa shape index (κ3) is 0.986. The molecule has 2 heteroatoms. The molecule has 2 rings (SSSR count). The molecule has 0 bridgehead atoms. The molecule has 0 unspecified atom stereocenters. The number of ether oxygens (including phenoxy) is 1. The molecule has 0 aromatic carbocycles. The van der Waals surface area contributed by atoms with Gasteiger partial charge < -0.3 is 4.74 Å². The van der Waals surface area contributed by atoms with Crippen molar-refractivity contribution >= 4 is 5.97 Å². The number of rotatable bonds is 1. The SMILES string of the molecule is COC(=O)C1=CC[C@H]2C=CC[C@@H]12. The Labute approximate surface area is 71.9 Å². The minimum Gasteiger partial charge on any atom is -0.466 e. The lowest BCUT2D eigenvalue weighted by atomic mass is 9.94. The van der Waals surface area contributed by atoms with Crippen LogP contribution < -0.4 is 0 Å². The summed E-state index contributed by atoms with van der Waals surface area (Å²) in [4.78, 5) is 11.2. The highest BCUT2D eigenvalue weighted by Crippen LogP contribution is 2.40. The Kier molecular flexibility index (Phi) is 1.75. The van der Waals surface area contributed by atoms with E-state index >= 15 is 0 Å². The third-order valence-electron chi connectivity index (χ3n) is 2.72. The largest absolute Gasteiger partial charge is 0.466 e. The maximum atomic E-state index is 11.2. The van der Waals surface area contributed by atoms with E-state index in [0.717, 1.165) is 18.4 Å². The summed E-state index contributed by atoms with van der Waals surface area (Å²) in [5, 5.41) is 0. The molecule has 0 N–H and O–H groups in total. The normalized spacial score (nSPS) is 31.6. The second-order valence-corrected chi connectivity index (χ2v) is 3.32. The maximum absolute atomic E-state index is 11.2. The quantitative estimate of drug-likeness (QED) is 0.435. The number of allylic oxidation sites excluding steroid dienone is 3. The smallest absolute Gasteiger partial charge is 0.333 e. The van der Waals surface area contributed by atoms with E-state index in [1.165, 1.54) is 7.11 Å². The molecule has 64 valence electrons. The fourth-order valence-electron chi connectivity index (χ4n) is 2.08. The zero-order chi connectivity index (χ0) is 8.55. The summed E-state index contributed by atoms with van der Waals surface area (Å²) in [5.74, 6) is 0.836. The molecular weight excluding hydrogens is 152 g/mol. The fraction of sp³-hybridized carbons (Fsp3) is 0.500. The lowest BCUT2D eigenvalue weighted by Gasteiger charge is -2.11. The van der Waals surface area contributed by atoms with Gasteiger partial charge in [0, 0.05) is 11.5 Å². The zero-order valence-electron chi connectivity index (χ0n) is 7.12. The minimum absolute atomic E-state index is 0.147. The summed E-state index contributed by atoms with van der Waals surface area (Å²) in [6.07, 6.45) is 8.39. The van der Waals surface area contributed by atoms with Gasteiger partial charge in [0.05, 0.1) is 7.11 Å². The summed E-state index contributed by atoms with van der Waals surface area (Å²) >= 11 is 0. The highest BCUT2D eigenvalue weighted by Gasteiger charge is 2.34. The predicted molar refractivity (Wildman–Crippen MR) is 45.5 cm³/mol. The molecule has 0 saturated carbocycles. The molecule has 0 aromatic rings. The van der Waals surface area contributed by atoms with Gasteiger partial charge in [-0.1, -0.05) is 18.2 Å². The lowest BCUT2D eigenvalue weighted by molar-refractivity contribution is -0.136. The summed E-state index contributed by atoms with van der Waals surface area (Å²) in [5.41, 5.74) is 0.882. The Morgan fingerprint density at radius 3 is 3.17 bits per heavy atom. The minimum atomic E-state index is -0.147. The number of esters is 1. The van der Waals surface area contributed by atoms with Crippen molar-refractivity contribution in [2.24, 2.45) is 11.8 Å². The highest BCUT2D eigenvalue weighted by atomic mass is 16.5. The van der Waals surface area contributed by atoms with Gasteiger partial charge in [-0.3, -0.25) is 0 Å². The molecule has 2 aliphatic rings. The molecule has 0 aromatic heterocycles. The van der Waals surface area contributed by atoms with Crippen LogP contribution >= 0.6 is 0 Å². The van der Waals surface area contributed by atoms with Gasteiger partial charge in [0.1, 0.15) is 0 Å². The number of hydrogen-bond donors (Lipinski definition) is 0. The molecule has 0 spiro atoms. The second kappa shape index (κ2) is 2.77. The van der Waals surface area contributed by atoms with Crippen LogP contribution in [0.5, 0.6) is 0 Å². The molecule has 12 heavy (non-hydrogen) atoms. The Morgan fingerprint density at radius 1 is 1.58 bits per heavy atom. The van der Waals surface area contributed by atoms with Crippen molar-refractivity contribution in [3.05, 3.63) is 23.8 Å². The summed E-state index contributed by atoms with van der Waals surface area (Å²) in [6.45, 7) is 0. The van der Waals surface area contributed by atoms with E-state index in [-0.39, 0.29) is 5.97 Å². The van der Waals surface area contributed by atoms with Crippen LogP contribution in [-0.4, -0.2) is 13.1 Å². The predicted octanol–water partition coefficient (Wildman–Crippen LogP) is 1.68. The van der Waals surface area contributed by atoms with Crippen molar-refractivity contribution in [1.29, 1.82) is 0 Å². The van der Waals surface area contributed by atoms with E-state index in [0.29, 0.717) is 11.8 Å². The monoisotopic (exact) mass is 164 g/mol. The third-order valence-corrected chi connectivity index (χ3v) is 2.72. The first-order valence-corrected chi connectivity index (χ1v) is 4.28. The van der Waals surface area contributed by atoms with Crippen LogP contribution in [0.25, 0.3) is 0 Å². The van der Waals surface area contributed by atoms with Crippen molar-refractivity contribution in [1.82, 2.24) is 0 Å². The van der Waals surface area contributed by atoms with Crippen LogP contribution in [0.3, 0.4) is 0 Å². The standard InChI is InChI=1S/C10H12O2/c1-12-10(11)9-6-5-7-3-2-4-8(7)9/h2-3,6-8H,4-5H2,1H3/t7-,8-/m1/s1. The van der Waals surface area contributed by atoms with Gasteiger partial charge in [-0.25, -0.2) is 4.79 Å². The van der Waals surface area contributed by atoms with Crippen LogP contribution in [0.15, 0.2) is 23.8 Å². The zero-order valence-corrected chi connectivity index (χ0v) is 7.12. The van der Waals surface area contributed by atoms with Gasteiger partial charge in [0.2, 0.25) is 0 Å². The van der Waals surface area contributed by atoms with Crippen molar-refractivity contribution in [3.8, 4) is 0 Å². The van der Waals surface area contributed by atoms with Gasteiger partial charge in [-0.2, -0.15) is 0 Å². The van der Waals surface area contributed by atoms with Crippen LogP contribution in [-0.2, 0) is 9.53 Å². The first-order chi connectivity index (χ1) is 5.83. The van der Waals surface area contributed by atoms with Gasteiger partial charge in [0.15, 0.2) is 0 Å². The molecule has 0 aliphatic heterocycles. The van der Waals surface area contributed by atoms with Gasteiger partial charge in [0.25, 0.3) is 0 Å². The maximum Gasteiger partial charge on any atom is 0.333 e. The average molecular weight is 164 g/mol. The number of carbonyl (C=O) groups is 1. The van der Waals surface area contributed by atoms with Crippen molar-refractivity contribution in [2.45, 2.75) is 12.8 Å². The van der Waals surface area contributed by atoms with E-state index in [2.05, 4.69) is 12.2 Å². The summed E-state index contributed by atoms with van der Waals surface area (Å²) in [7, 11) is 1.44. The molecule has 2 atom stereocenters. The van der Waals surface area contributed by atoms with Crippen LogP contribution in [0.4, 0.5) is 0 Å². The number of methoxy groups -OCH3 is 1. The topological polar surface area (TPSA) is 26.3 Å². The van der Waals surface area contributed by atoms with Crippen molar-refractivity contribution in [2.75, 3.05) is 7.11 Å². The molecule has 2 aliphatic carbocycles. The second-order valence-electron chi connectivity index (χ2n) is 3.32. The van der Waals surface area contributed by atoms with Gasteiger partial charge >= 0.3 is 5.97 Å². The van der Waals surface area contributed by atoms with Crippen LogP contribution in [0, 0.1) is 11.8 Å². The molecule has 0 saturated heterocycles. The first kappa shape index (κ1) is 7.59. The highest BCUT2D eigenvalue weighted by molar-refractivity contribution is 5.89. The number of carbonyl (C=O) groups excluding carboxylic acids is 1.